The summed E-state index contributed by atoms with van der Waals surface area (Å²) in [5.74, 6) is -1.09. The summed E-state index contributed by atoms with van der Waals surface area (Å²) in [6, 6.07) is 12.4. The molecule has 3 aromatic rings. The van der Waals surface area contributed by atoms with Crippen molar-refractivity contribution in [3.05, 3.63) is 65.2 Å². The Labute approximate surface area is 160 Å². The van der Waals surface area contributed by atoms with Crippen LogP contribution in [0.5, 0.6) is 5.75 Å². The molecule has 2 heterocycles. The second-order valence-electron chi connectivity index (χ2n) is 6.30. The zero-order chi connectivity index (χ0) is 18.8. The van der Waals surface area contributed by atoms with Gasteiger partial charge in [0.25, 0.3) is 0 Å². The number of anilines is 1. The van der Waals surface area contributed by atoms with Gasteiger partial charge >= 0.3 is 11.8 Å². The first kappa shape index (κ1) is 17.2. The highest BCUT2D eigenvalue weighted by Crippen LogP contribution is 2.25. The van der Waals surface area contributed by atoms with Gasteiger partial charge in [-0.25, -0.2) is 4.98 Å². The standard InChI is InChI=1S/C20H17N3O3S/c24-17-5-4-13-6-8-23(12-15(13)11-17)20(26)18(25)22-16-3-1-2-14(10-16)19-21-7-9-27-19/h1-5,7,9-11,24H,6,8,12H2,(H,22,25). The van der Waals surface area contributed by atoms with Crippen LogP contribution in [-0.2, 0) is 22.6 Å². The molecule has 27 heavy (non-hydrogen) atoms. The number of rotatable bonds is 2. The number of phenolic OH excluding ortho intramolecular Hbond substituents is 1. The van der Waals surface area contributed by atoms with E-state index in [0.717, 1.165) is 21.7 Å². The molecule has 2 N–H and O–H groups in total. The summed E-state index contributed by atoms with van der Waals surface area (Å²) < 4.78 is 0. The highest BCUT2D eigenvalue weighted by Gasteiger charge is 2.26. The van der Waals surface area contributed by atoms with E-state index in [2.05, 4.69) is 10.3 Å². The number of nitrogens with zero attached hydrogens (tertiary/aromatic N) is 2. The molecule has 0 fully saturated rings. The lowest BCUT2D eigenvalue weighted by molar-refractivity contribution is -0.143. The number of hydrogen-bond acceptors (Lipinski definition) is 5. The zero-order valence-electron chi connectivity index (χ0n) is 14.4. The van der Waals surface area contributed by atoms with Crippen LogP contribution in [0.15, 0.2) is 54.0 Å². The maximum atomic E-state index is 12.6. The van der Waals surface area contributed by atoms with E-state index in [9.17, 15) is 14.7 Å². The highest BCUT2D eigenvalue weighted by molar-refractivity contribution is 7.13. The topological polar surface area (TPSA) is 82.5 Å². The first-order valence-corrected chi connectivity index (χ1v) is 9.39. The Morgan fingerprint density at radius 3 is 2.85 bits per heavy atom. The van der Waals surface area contributed by atoms with Crippen LogP contribution in [0.3, 0.4) is 0 Å². The Morgan fingerprint density at radius 1 is 1.15 bits per heavy atom. The van der Waals surface area contributed by atoms with Gasteiger partial charge in [-0.1, -0.05) is 18.2 Å². The van der Waals surface area contributed by atoms with Crippen LogP contribution < -0.4 is 5.32 Å². The molecule has 0 saturated carbocycles. The molecular formula is C20H17N3O3S. The van der Waals surface area contributed by atoms with Crippen molar-refractivity contribution in [2.45, 2.75) is 13.0 Å². The lowest BCUT2D eigenvalue weighted by Crippen LogP contribution is -2.42. The Balaban J connectivity index is 1.46. The fourth-order valence-electron chi connectivity index (χ4n) is 3.14. The molecule has 136 valence electrons. The highest BCUT2D eigenvalue weighted by atomic mass is 32.1. The number of amides is 2. The Bertz CT molecular complexity index is 1000. The van der Waals surface area contributed by atoms with Gasteiger partial charge in [-0.05, 0) is 41.8 Å². The Hall–Kier alpha value is -3.19. The molecule has 0 unspecified atom stereocenters. The lowest BCUT2D eigenvalue weighted by Gasteiger charge is -2.28. The van der Waals surface area contributed by atoms with Crippen LogP contribution in [-0.4, -0.2) is 33.3 Å². The predicted octanol–water partition coefficient (Wildman–Crippen LogP) is 3.04. The van der Waals surface area contributed by atoms with Gasteiger partial charge in [0, 0.05) is 35.9 Å². The van der Waals surface area contributed by atoms with Crippen molar-refractivity contribution in [1.29, 1.82) is 0 Å². The number of carbonyl (C=O) groups excluding carboxylic acids is 2. The average molecular weight is 379 g/mol. The summed E-state index contributed by atoms with van der Waals surface area (Å²) in [7, 11) is 0. The quantitative estimate of drug-likeness (QED) is 0.671. The van der Waals surface area contributed by atoms with Crippen LogP contribution >= 0.6 is 11.3 Å². The maximum Gasteiger partial charge on any atom is 0.313 e. The predicted molar refractivity (Wildman–Crippen MR) is 103 cm³/mol. The molecule has 0 saturated heterocycles. The third-order valence-corrected chi connectivity index (χ3v) is 5.31. The molecule has 1 aromatic heterocycles. The number of aromatic nitrogens is 1. The monoisotopic (exact) mass is 379 g/mol. The number of hydrogen-bond donors (Lipinski definition) is 2. The van der Waals surface area contributed by atoms with Crippen LogP contribution in [0, 0.1) is 0 Å². The van der Waals surface area contributed by atoms with Gasteiger partial charge in [0.2, 0.25) is 0 Å². The molecule has 0 bridgehead atoms. The van der Waals surface area contributed by atoms with Crippen molar-refractivity contribution in [2.24, 2.45) is 0 Å². The third-order valence-electron chi connectivity index (χ3n) is 4.48. The second-order valence-corrected chi connectivity index (χ2v) is 7.20. The van der Waals surface area contributed by atoms with Gasteiger partial charge in [-0.2, -0.15) is 0 Å². The molecule has 0 aliphatic carbocycles. The van der Waals surface area contributed by atoms with E-state index < -0.39 is 11.8 Å². The number of benzene rings is 2. The van der Waals surface area contributed by atoms with Crippen molar-refractivity contribution in [3.8, 4) is 16.3 Å². The van der Waals surface area contributed by atoms with E-state index in [-0.39, 0.29) is 5.75 Å². The van der Waals surface area contributed by atoms with Crippen molar-refractivity contribution < 1.29 is 14.7 Å². The number of nitrogens with one attached hydrogen (secondary N) is 1. The molecule has 0 spiro atoms. The number of aromatic hydroxyl groups is 1. The smallest absolute Gasteiger partial charge is 0.313 e. The number of phenols is 1. The van der Waals surface area contributed by atoms with Crippen LogP contribution in [0.2, 0.25) is 0 Å². The SMILES string of the molecule is O=C(Nc1cccc(-c2nccs2)c1)C(=O)N1CCc2ccc(O)cc2C1. The van der Waals surface area contributed by atoms with E-state index in [1.807, 2.05) is 23.6 Å². The average Bonchev–Trinajstić information content (AvgIpc) is 3.22. The number of thiazole rings is 1. The normalized spacial score (nSPS) is 13.1. The first-order chi connectivity index (χ1) is 13.1. The summed E-state index contributed by atoms with van der Waals surface area (Å²) >= 11 is 1.51. The van der Waals surface area contributed by atoms with E-state index in [4.69, 9.17) is 0 Å². The molecule has 2 amide bonds. The Kier molecular flexibility index (Phi) is 4.60. The minimum Gasteiger partial charge on any atom is -0.508 e. The zero-order valence-corrected chi connectivity index (χ0v) is 15.2. The molecule has 0 atom stereocenters. The summed E-state index contributed by atoms with van der Waals surface area (Å²) in [5.41, 5.74) is 3.40. The minimum absolute atomic E-state index is 0.159. The number of fused-ring (bicyclic) bond motifs is 1. The summed E-state index contributed by atoms with van der Waals surface area (Å²) in [5, 5.41) is 15.0. The van der Waals surface area contributed by atoms with Crippen molar-refractivity contribution >= 4 is 28.8 Å². The van der Waals surface area contributed by atoms with Gasteiger partial charge in [-0.15, -0.1) is 11.3 Å². The minimum atomic E-state index is -0.671. The number of carbonyl (C=O) groups is 2. The molecule has 6 nitrogen and oxygen atoms in total. The molecule has 2 aromatic carbocycles. The van der Waals surface area contributed by atoms with Gasteiger partial charge < -0.3 is 15.3 Å². The van der Waals surface area contributed by atoms with E-state index in [1.165, 1.54) is 16.2 Å². The molecule has 1 aliphatic heterocycles. The van der Waals surface area contributed by atoms with Crippen molar-refractivity contribution in [1.82, 2.24) is 9.88 Å². The Morgan fingerprint density at radius 2 is 2.04 bits per heavy atom. The van der Waals surface area contributed by atoms with E-state index in [0.29, 0.717) is 25.2 Å². The van der Waals surface area contributed by atoms with Crippen LogP contribution in [0.25, 0.3) is 10.6 Å². The molecule has 4 rings (SSSR count). The third kappa shape index (κ3) is 3.68. The second kappa shape index (κ2) is 7.20. The molecular weight excluding hydrogens is 362 g/mol. The maximum absolute atomic E-state index is 12.6. The van der Waals surface area contributed by atoms with E-state index in [1.54, 1.807) is 30.5 Å². The first-order valence-electron chi connectivity index (χ1n) is 8.51. The summed E-state index contributed by atoms with van der Waals surface area (Å²) in [6.45, 7) is 0.790. The fraction of sp³-hybridized carbons (Fsp3) is 0.150. The van der Waals surface area contributed by atoms with Crippen LogP contribution in [0.4, 0.5) is 5.69 Å². The largest absolute Gasteiger partial charge is 0.508 e. The van der Waals surface area contributed by atoms with Gasteiger partial charge in [0.05, 0.1) is 0 Å². The van der Waals surface area contributed by atoms with Gasteiger partial charge in [0.1, 0.15) is 10.8 Å². The van der Waals surface area contributed by atoms with Crippen molar-refractivity contribution in [3.63, 3.8) is 0 Å². The molecule has 7 heteroatoms. The van der Waals surface area contributed by atoms with Gasteiger partial charge in [-0.3, -0.25) is 9.59 Å². The van der Waals surface area contributed by atoms with E-state index >= 15 is 0 Å². The van der Waals surface area contributed by atoms with Crippen LogP contribution in [0.1, 0.15) is 11.1 Å². The lowest BCUT2D eigenvalue weighted by atomic mass is 9.99. The van der Waals surface area contributed by atoms with Gasteiger partial charge in [0.15, 0.2) is 0 Å². The summed E-state index contributed by atoms with van der Waals surface area (Å²) in [6.07, 6.45) is 2.38. The summed E-state index contributed by atoms with van der Waals surface area (Å²) in [4.78, 5) is 30.7. The molecule has 1 aliphatic rings. The fourth-order valence-corrected chi connectivity index (χ4v) is 3.78. The molecule has 0 radical (unpaired) electrons. The van der Waals surface area contributed by atoms with Crippen molar-refractivity contribution in [2.75, 3.05) is 11.9 Å².